The Balaban J connectivity index is 3.13. The van der Waals surface area contributed by atoms with Crippen LogP contribution in [0.2, 0.25) is 0 Å². The van der Waals surface area contributed by atoms with Crippen LogP contribution < -0.4 is 5.32 Å². The van der Waals surface area contributed by atoms with Crippen LogP contribution in [0.5, 0.6) is 0 Å². The van der Waals surface area contributed by atoms with Crippen LogP contribution >= 0.6 is 0 Å². The molecule has 0 bridgehead atoms. The van der Waals surface area contributed by atoms with Crippen LogP contribution in [-0.4, -0.2) is 84.3 Å². The van der Waals surface area contributed by atoms with Crippen molar-refractivity contribution >= 4 is 6.09 Å². The molecule has 27 heavy (non-hydrogen) atoms. The monoisotopic (exact) mass is 389 g/mol. The molecule has 0 spiro atoms. The minimum absolute atomic E-state index is 0.396. The predicted molar refractivity (Wildman–Crippen MR) is 102 cm³/mol. The van der Waals surface area contributed by atoms with Gasteiger partial charge in [-0.1, -0.05) is 0 Å². The zero-order valence-corrected chi connectivity index (χ0v) is 16.9. The molecule has 0 aromatic carbocycles. The van der Waals surface area contributed by atoms with Crippen LogP contribution in [-0.2, 0) is 28.4 Å². The summed E-state index contributed by atoms with van der Waals surface area (Å²) in [7, 11) is 0. The van der Waals surface area contributed by atoms with E-state index in [2.05, 4.69) is 11.2 Å². The SMILES string of the molecule is C#CCCOCCOCCOCCOCCOCCNC(=O)OC(C)(C)C. The lowest BCUT2D eigenvalue weighted by Gasteiger charge is -2.19. The molecule has 0 unspecified atom stereocenters. The lowest BCUT2D eigenvalue weighted by molar-refractivity contribution is -0.0106. The molecule has 0 aromatic rings. The first-order chi connectivity index (χ1) is 13.0. The van der Waals surface area contributed by atoms with Crippen LogP contribution in [0, 0.1) is 12.3 Å². The molecule has 0 radical (unpaired) electrons. The highest BCUT2D eigenvalue weighted by atomic mass is 16.6. The van der Waals surface area contributed by atoms with Crippen molar-refractivity contribution in [3.8, 4) is 12.3 Å². The smallest absolute Gasteiger partial charge is 0.407 e. The first-order valence-electron chi connectivity index (χ1n) is 9.24. The minimum Gasteiger partial charge on any atom is -0.444 e. The Bertz CT molecular complexity index is 390. The van der Waals surface area contributed by atoms with Crippen molar-refractivity contribution in [3.05, 3.63) is 0 Å². The number of ether oxygens (including phenoxy) is 6. The quantitative estimate of drug-likeness (QED) is 0.299. The minimum atomic E-state index is -0.496. The number of hydrogen-bond donors (Lipinski definition) is 1. The number of carbonyl (C=O) groups is 1. The van der Waals surface area contributed by atoms with E-state index in [0.717, 1.165) is 0 Å². The topological polar surface area (TPSA) is 84.5 Å². The van der Waals surface area contributed by atoms with Gasteiger partial charge in [-0.25, -0.2) is 4.79 Å². The van der Waals surface area contributed by atoms with Gasteiger partial charge in [0.2, 0.25) is 0 Å². The standard InChI is InChI=1S/C19H35NO7/c1-5-6-8-22-10-12-24-14-16-26-17-15-25-13-11-23-9-7-20-18(21)27-19(2,3)4/h1H,6-17H2,2-4H3,(H,20,21). The maximum absolute atomic E-state index is 11.4. The van der Waals surface area contributed by atoms with E-state index >= 15 is 0 Å². The van der Waals surface area contributed by atoms with Gasteiger partial charge in [0.05, 0.1) is 66.1 Å². The van der Waals surface area contributed by atoms with E-state index < -0.39 is 11.7 Å². The Morgan fingerprint density at radius 2 is 1.19 bits per heavy atom. The van der Waals surface area contributed by atoms with Gasteiger partial charge in [-0.2, -0.15) is 0 Å². The molecule has 1 N–H and O–H groups in total. The van der Waals surface area contributed by atoms with Crippen molar-refractivity contribution < 1.29 is 33.2 Å². The van der Waals surface area contributed by atoms with Gasteiger partial charge < -0.3 is 33.7 Å². The number of hydrogen-bond acceptors (Lipinski definition) is 7. The molecular weight excluding hydrogens is 354 g/mol. The number of terminal acetylenes is 1. The summed E-state index contributed by atoms with van der Waals surface area (Å²) in [5.41, 5.74) is -0.496. The summed E-state index contributed by atoms with van der Waals surface area (Å²) in [6, 6.07) is 0. The fraction of sp³-hybridized carbons (Fsp3) is 0.842. The van der Waals surface area contributed by atoms with Crippen LogP contribution in [0.25, 0.3) is 0 Å². The Kier molecular flexibility index (Phi) is 17.1. The third kappa shape index (κ3) is 22.6. The highest BCUT2D eigenvalue weighted by Crippen LogP contribution is 2.05. The first kappa shape index (κ1) is 25.6. The lowest BCUT2D eigenvalue weighted by Crippen LogP contribution is -2.34. The summed E-state index contributed by atoms with van der Waals surface area (Å²) in [6.07, 6.45) is 5.29. The van der Waals surface area contributed by atoms with E-state index in [-0.39, 0.29) is 0 Å². The molecule has 0 rings (SSSR count). The first-order valence-corrected chi connectivity index (χ1v) is 9.24. The van der Waals surface area contributed by atoms with E-state index in [1.807, 2.05) is 20.8 Å². The zero-order valence-electron chi connectivity index (χ0n) is 16.9. The van der Waals surface area contributed by atoms with Crippen LogP contribution in [0.1, 0.15) is 27.2 Å². The summed E-state index contributed by atoms with van der Waals surface area (Å²) in [6.45, 7) is 10.9. The molecule has 1 amide bonds. The Labute approximate surface area is 163 Å². The van der Waals surface area contributed by atoms with E-state index in [9.17, 15) is 4.79 Å². The zero-order chi connectivity index (χ0) is 20.2. The van der Waals surface area contributed by atoms with Gasteiger partial charge in [0.25, 0.3) is 0 Å². The number of amides is 1. The van der Waals surface area contributed by atoms with Crippen molar-refractivity contribution in [2.24, 2.45) is 0 Å². The second-order valence-electron chi connectivity index (χ2n) is 6.44. The van der Waals surface area contributed by atoms with E-state index in [1.54, 1.807) is 0 Å². The van der Waals surface area contributed by atoms with Gasteiger partial charge in [0.1, 0.15) is 5.60 Å². The third-order valence-electron chi connectivity index (χ3n) is 2.79. The molecular formula is C19H35NO7. The van der Waals surface area contributed by atoms with Gasteiger partial charge in [-0.3, -0.25) is 0 Å². The van der Waals surface area contributed by atoms with Crippen LogP contribution in [0.15, 0.2) is 0 Å². The number of carbonyl (C=O) groups excluding carboxylic acids is 1. The van der Waals surface area contributed by atoms with Crippen molar-refractivity contribution in [3.63, 3.8) is 0 Å². The normalized spacial score (nSPS) is 11.2. The highest BCUT2D eigenvalue weighted by Gasteiger charge is 2.15. The maximum atomic E-state index is 11.4. The van der Waals surface area contributed by atoms with Gasteiger partial charge in [-0.05, 0) is 20.8 Å². The van der Waals surface area contributed by atoms with E-state index in [1.165, 1.54) is 0 Å². The average molecular weight is 389 g/mol. The number of alkyl carbamates (subject to hydrolysis) is 1. The molecule has 0 saturated carbocycles. The highest BCUT2D eigenvalue weighted by molar-refractivity contribution is 5.67. The molecule has 0 fully saturated rings. The van der Waals surface area contributed by atoms with Crippen molar-refractivity contribution in [2.45, 2.75) is 32.8 Å². The predicted octanol–water partition coefficient (Wildman–Crippen LogP) is 1.62. The van der Waals surface area contributed by atoms with Crippen molar-refractivity contribution in [1.82, 2.24) is 5.32 Å². The maximum Gasteiger partial charge on any atom is 0.407 e. The van der Waals surface area contributed by atoms with Crippen molar-refractivity contribution in [1.29, 1.82) is 0 Å². The fourth-order valence-electron chi connectivity index (χ4n) is 1.65. The summed E-state index contributed by atoms with van der Waals surface area (Å²) < 4.78 is 31.8. The molecule has 8 heteroatoms. The Hall–Kier alpha value is -1.37. The van der Waals surface area contributed by atoms with Gasteiger partial charge in [0, 0.05) is 13.0 Å². The molecule has 0 aliphatic heterocycles. The Morgan fingerprint density at radius 1 is 0.778 bits per heavy atom. The molecule has 0 saturated heterocycles. The third-order valence-corrected chi connectivity index (χ3v) is 2.79. The number of rotatable bonds is 17. The van der Waals surface area contributed by atoms with E-state index in [4.69, 9.17) is 34.8 Å². The summed E-state index contributed by atoms with van der Waals surface area (Å²) in [5.74, 6) is 2.51. The Morgan fingerprint density at radius 3 is 1.59 bits per heavy atom. The second kappa shape index (κ2) is 18.0. The van der Waals surface area contributed by atoms with Crippen molar-refractivity contribution in [2.75, 3.05) is 72.6 Å². The molecule has 0 heterocycles. The van der Waals surface area contributed by atoms with Gasteiger partial charge >= 0.3 is 6.09 Å². The fourth-order valence-corrected chi connectivity index (χ4v) is 1.65. The summed E-state index contributed by atoms with van der Waals surface area (Å²) >= 11 is 0. The summed E-state index contributed by atoms with van der Waals surface area (Å²) in [5, 5.41) is 2.62. The number of nitrogens with one attached hydrogen (secondary N) is 1. The molecule has 8 nitrogen and oxygen atoms in total. The molecule has 0 aromatic heterocycles. The van der Waals surface area contributed by atoms with Crippen LogP contribution in [0.4, 0.5) is 4.79 Å². The largest absolute Gasteiger partial charge is 0.444 e. The second-order valence-corrected chi connectivity index (χ2v) is 6.44. The lowest BCUT2D eigenvalue weighted by atomic mass is 10.2. The van der Waals surface area contributed by atoms with Crippen LogP contribution in [0.3, 0.4) is 0 Å². The van der Waals surface area contributed by atoms with Gasteiger partial charge in [-0.15, -0.1) is 12.3 Å². The molecule has 0 aliphatic rings. The molecule has 0 aliphatic carbocycles. The van der Waals surface area contributed by atoms with Gasteiger partial charge in [0.15, 0.2) is 0 Å². The molecule has 158 valence electrons. The molecule has 0 atom stereocenters. The average Bonchev–Trinajstić information content (AvgIpc) is 2.59. The van der Waals surface area contributed by atoms with E-state index in [0.29, 0.717) is 79.0 Å². The summed E-state index contributed by atoms with van der Waals surface area (Å²) in [4.78, 5) is 11.4.